The molecule has 2 heterocycles. The number of aryl methyl sites for hydroxylation is 1. The summed E-state index contributed by atoms with van der Waals surface area (Å²) in [5.74, 6) is 0.258. The molecule has 35 heavy (non-hydrogen) atoms. The van der Waals surface area contributed by atoms with E-state index in [1.807, 2.05) is 26.8 Å². The molecule has 0 aliphatic carbocycles. The molecule has 0 amide bonds. The molecule has 182 valence electrons. The molecule has 0 unspecified atom stereocenters. The molecule has 0 radical (unpaired) electrons. The van der Waals surface area contributed by atoms with E-state index in [2.05, 4.69) is 6.58 Å². The van der Waals surface area contributed by atoms with E-state index in [4.69, 9.17) is 4.18 Å². The van der Waals surface area contributed by atoms with Gasteiger partial charge in [-0.3, -0.25) is 0 Å². The average molecular weight is 511 g/mol. The van der Waals surface area contributed by atoms with Crippen molar-refractivity contribution < 1.29 is 21.0 Å². The summed E-state index contributed by atoms with van der Waals surface area (Å²) in [6, 6.07) is 17.9. The second-order valence-corrected chi connectivity index (χ2v) is 12.3. The van der Waals surface area contributed by atoms with Gasteiger partial charge in [0, 0.05) is 5.56 Å². The van der Waals surface area contributed by atoms with Gasteiger partial charge in [0.15, 0.2) is 5.75 Å². The molecule has 0 spiro atoms. The summed E-state index contributed by atoms with van der Waals surface area (Å²) < 4.78 is 63.2. The molecular formula is C26H26N2O5S2. The van der Waals surface area contributed by atoms with Gasteiger partial charge in [0.1, 0.15) is 6.17 Å². The van der Waals surface area contributed by atoms with Gasteiger partial charge in [0.05, 0.1) is 16.6 Å². The molecule has 3 aromatic carbocycles. The van der Waals surface area contributed by atoms with Crippen LogP contribution in [0.5, 0.6) is 5.75 Å². The predicted molar refractivity (Wildman–Crippen MR) is 135 cm³/mol. The van der Waals surface area contributed by atoms with E-state index in [1.54, 1.807) is 48.5 Å². The molecule has 2 aliphatic rings. The van der Waals surface area contributed by atoms with E-state index in [0.717, 1.165) is 15.4 Å². The highest BCUT2D eigenvalue weighted by Crippen LogP contribution is 2.53. The summed E-state index contributed by atoms with van der Waals surface area (Å²) in [5, 5.41) is 0. The fraction of sp³-hybridized carbons (Fsp3) is 0.231. The van der Waals surface area contributed by atoms with E-state index in [-0.39, 0.29) is 16.6 Å². The molecule has 5 rings (SSSR count). The molecule has 0 N–H and O–H groups in total. The number of para-hydroxylation sites is 1. The minimum atomic E-state index is -4.37. The number of benzene rings is 3. The normalized spacial score (nSPS) is 21.0. The minimum absolute atomic E-state index is 0.0687. The Balaban J connectivity index is 1.84. The van der Waals surface area contributed by atoms with Crippen molar-refractivity contribution in [2.24, 2.45) is 0 Å². The van der Waals surface area contributed by atoms with E-state index in [1.165, 1.54) is 22.5 Å². The van der Waals surface area contributed by atoms with Crippen LogP contribution >= 0.6 is 0 Å². The lowest BCUT2D eigenvalue weighted by Crippen LogP contribution is -2.55. The first kappa shape index (κ1) is 23.6. The maximum absolute atomic E-state index is 14.1. The summed E-state index contributed by atoms with van der Waals surface area (Å²) >= 11 is 0. The molecule has 9 heteroatoms. The van der Waals surface area contributed by atoms with Crippen molar-refractivity contribution in [3.05, 3.63) is 102 Å². The number of nitrogens with zero attached hydrogens (tertiary/aromatic N) is 2. The molecule has 2 aliphatic heterocycles. The van der Waals surface area contributed by atoms with E-state index in [0.29, 0.717) is 16.8 Å². The Morgan fingerprint density at radius 2 is 1.69 bits per heavy atom. The van der Waals surface area contributed by atoms with Gasteiger partial charge in [0.25, 0.3) is 10.0 Å². The second kappa shape index (κ2) is 8.22. The zero-order chi connectivity index (χ0) is 25.1. The van der Waals surface area contributed by atoms with Crippen molar-refractivity contribution >= 4 is 26.0 Å². The van der Waals surface area contributed by atoms with E-state index < -0.39 is 32.5 Å². The van der Waals surface area contributed by atoms with Crippen LogP contribution in [-0.4, -0.2) is 21.1 Å². The first-order chi connectivity index (χ1) is 16.6. The van der Waals surface area contributed by atoms with Crippen molar-refractivity contribution in [3.8, 4) is 5.75 Å². The van der Waals surface area contributed by atoms with Crippen molar-refractivity contribution in [3.63, 3.8) is 0 Å². The largest absolute Gasteiger partial charge is 0.388 e. The molecule has 0 aromatic heterocycles. The number of sulfonamides is 1. The highest BCUT2D eigenvalue weighted by Gasteiger charge is 2.53. The van der Waals surface area contributed by atoms with Gasteiger partial charge in [-0.15, -0.1) is 10.9 Å². The van der Waals surface area contributed by atoms with Gasteiger partial charge in [-0.1, -0.05) is 68.0 Å². The Labute approximate surface area is 206 Å². The number of hydrogen-bond donors (Lipinski definition) is 0. The third-order valence-corrected chi connectivity index (χ3v) is 9.58. The first-order valence-electron chi connectivity index (χ1n) is 11.3. The van der Waals surface area contributed by atoms with Crippen LogP contribution in [0.15, 0.2) is 84.3 Å². The van der Waals surface area contributed by atoms with Gasteiger partial charge in [-0.2, -0.15) is 8.42 Å². The molecule has 0 saturated carbocycles. The quantitative estimate of drug-likeness (QED) is 0.451. The van der Waals surface area contributed by atoms with Crippen LogP contribution in [0, 0.1) is 6.92 Å². The van der Waals surface area contributed by atoms with Gasteiger partial charge < -0.3 is 4.18 Å². The van der Waals surface area contributed by atoms with Crippen LogP contribution in [0.4, 0.5) is 5.69 Å². The van der Waals surface area contributed by atoms with Crippen LogP contribution in [0.1, 0.15) is 54.2 Å². The van der Waals surface area contributed by atoms with Gasteiger partial charge in [0.2, 0.25) is 0 Å². The van der Waals surface area contributed by atoms with Crippen LogP contribution in [0.25, 0.3) is 0 Å². The summed E-state index contributed by atoms with van der Waals surface area (Å²) in [7, 11) is -8.55. The Morgan fingerprint density at radius 3 is 2.34 bits per heavy atom. The summed E-state index contributed by atoms with van der Waals surface area (Å²) in [6.45, 7) is 9.71. The lowest BCUT2D eigenvalue weighted by Gasteiger charge is -2.48. The maximum Gasteiger partial charge on any atom is 0.388 e. The van der Waals surface area contributed by atoms with E-state index >= 15 is 0 Å². The zero-order valence-electron chi connectivity index (χ0n) is 19.6. The van der Waals surface area contributed by atoms with Crippen molar-refractivity contribution in [2.75, 3.05) is 4.31 Å². The molecule has 7 nitrogen and oxygen atoms in total. The molecule has 0 saturated heterocycles. The zero-order valence-corrected chi connectivity index (χ0v) is 21.3. The Kier molecular flexibility index (Phi) is 5.54. The molecular weight excluding hydrogens is 484 g/mol. The highest BCUT2D eigenvalue weighted by atomic mass is 32.2. The SMILES string of the molecule is C=C[C@@H]1c2ccccc2N(S(=O)(=O)c2ccc(C)cc2)[C@H]2c3ccc(C(C)C)cc3OS(=O)(=O)N12. The molecule has 3 aromatic rings. The number of fused-ring (bicyclic) bond motifs is 4. The fourth-order valence-corrected chi connectivity index (χ4v) is 7.71. The number of rotatable bonds is 4. The topological polar surface area (TPSA) is 84.0 Å². The maximum atomic E-state index is 14.1. The summed E-state index contributed by atoms with van der Waals surface area (Å²) in [6.07, 6.45) is 0.310. The van der Waals surface area contributed by atoms with Crippen LogP contribution < -0.4 is 8.49 Å². The lowest BCUT2D eigenvalue weighted by molar-refractivity contribution is 0.232. The van der Waals surface area contributed by atoms with Crippen LogP contribution in [-0.2, 0) is 20.3 Å². The van der Waals surface area contributed by atoms with Gasteiger partial charge >= 0.3 is 10.3 Å². The van der Waals surface area contributed by atoms with Crippen LogP contribution in [0.3, 0.4) is 0 Å². The standard InChI is InChI=1S/C26H26N2O5S2/c1-5-23-21-8-6-7-9-24(21)27(34(29,30)20-13-10-18(4)11-14-20)26-22-15-12-19(17(2)3)16-25(22)33-35(31,32)28(23)26/h5-17,23,26H,1H2,2-4H3/t23-,26-/m1/s1. The molecule has 0 fully saturated rings. The third-order valence-electron chi connectivity index (χ3n) is 6.47. The van der Waals surface area contributed by atoms with Crippen LogP contribution in [0.2, 0.25) is 0 Å². The fourth-order valence-electron chi connectivity index (χ4n) is 4.66. The second-order valence-electron chi connectivity index (χ2n) is 9.05. The first-order valence-corrected chi connectivity index (χ1v) is 14.1. The monoisotopic (exact) mass is 510 g/mol. The van der Waals surface area contributed by atoms with Gasteiger partial charge in [-0.25, -0.2) is 12.7 Å². The summed E-state index contributed by atoms with van der Waals surface area (Å²) in [4.78, 5) is 0.0687. The lowest BCUT2D eigenvalue weighted by atomic mass is 9.96. The van der Waals surface area contributed by atoms with Crippen molar-refractivity contribution in [1.29, 1.82) is 0 Å². The highest BCUT2D eigenvalue weighted by molar-refractivity contribution is 7.93. The Bertz CT molecular complexity index is 1530. The minimum Gasteiger partial charge on any atom is -0.370 e. The van der Waals surface area contributed by atoms with Gasteiger partial charge in [-0.05, 0) is 48.2 Å². The molecule has 0 bridgehead atoms. The predicted octanol–water partition coefficient (Wildman–Crippen LogP) is 5.19. The third kappa shape index (κ3) is 3.65. The summed E-state index contributed by atoms with van der Waals surface area (Å²) in [5.41, 5.74) is 3.15. The van der Waals surface area contributed by atoms with Crippen molar-refractivity contribution in [2.45, 2.75) is 43.8 Å². The number of hydrogen-bond acceptors (Lipinski definition) is 5. The Hall–Kier alpha value is -3.14. The number of anilines is 1. The average Bonchev–Trinajstić information content (AvgIpc) is 2.82. The van der Waals surface area contributed by atoms with E-state index in [9.17, 15) is 16.8 Å². The Morgan fingerprint density at radius 1 is 1.00 bits per heavy atom. The smallest absolute Gasteiger partial charge is 0.370 e. The molecule has 2 atom stereocenters. The van der Waals surface area contributed by atoms with Crippen molar-refractivity contribution in [1.82, 2.24) is 4.31 Å².